The van der Waals surface area contributed by atoms with Gasteiger partial charge in [-0.25, -0.2) is 0 Å². The van der Waals surface area contributed by atoms with Gasteiger partial charge in [0.25, 0.3) is 0 Å². The standard InChI is InChI=1S/C15H28N2O2/c1-12-6-8-15(11-18,9-7-12)17-14(19)10-16-13-4-2-3-5-13/h12-13,16,18H,2-11H2,1H3,(H,17,19). The Bertz CT molecular complexity index is 293. The zero-order valence-corrected chi connectivity index (χ0v) is 12.1. The average Bonchev–Trinajstić information content (AvgIpc) is 2.93. The van der Waals surface area contributed by atoms with Crippen LogP contribution in [0, 0.1) is 5.92 Å². The first-order valence-electron chi connectivity index (χ1n) is 7.79. The molecule has 2 saturated carbocycles. The summed E-state index contributed by atoms with van der Waals surface area (Å²) in [5, 5.41) is 16.0. The first-order chi connectivity index (χ1) is 9.13. The number of carbonyl (C=O) groups excluding carboxylic acids is 1. The molecule has 1 amide bonds. The Hall–Kier alpha value is -0.610. The van der Waals surface area contributed by atoms with Crippen molar-refractivity contribution in [3.8, 4) is 0 Å². The molecule has 110 valence electrons. The first-order valence-corrected chi connectivity index (χ1v) is 7.79. The summed E-state index contributed by atoms with van der Waals surface area (Å²) in [6, 6.07) is 0.516. The Morgan fingerprint density at radius 3 is 2.42 bits per heavy atom. The van der Waals surface area contributed by atoms with E-state index in [-0.39, 0.29) is 18.1 Å². The van der Waals surface area contributed by atoms with Gasteiger partial charge in [0.05, 0.1) is 18.7 Å². The number of hydrogen-bond donors (Lipinski definition) is 3. The van der Waals surface area contributed by atoms with Crippen molar-refractivity contribution in [2.45, 2.75) is 69.9 Å². The topological polar surface area (TPSA) is 61.4 Å². The van der Waals surface area contributed by atoms with Crippen molar-refractivity contribution in [2.75, 3.05) is 13.2 Å². The quantitative estimate of drug-likeness (QED) is 0.709. The molecule has 4 heteroatoms. The van der Waals surface area contributed by atoms with E-state index in [1.54, 1.807) is 0 Å². The summed E-state index contributed by atoms with van der Waals surface area (Å²) in [4.78, 5) is 12.0. The van der Waals surface area contributed by atoms with Crippen LogP contribution in [-0.4, -0.2) is 35.7 Å². The molecule has 0 aromatic carbocycles. The van der Waals surface area contributed by atoms with Gasteiger partial charge >= 0.3 is 0 Å². The van der Waals surface area contributed by atoms with Crippen molar-refractivity contribution in [2.24, 2.45) is 5.92 Å². The molecule has 0 radical (unpaired) electrons. The van der Waals surface area contributed by atoms with Crippen molar-refractivity contribution >= 4 is 5.91 Å². The molecule has 19 heavy (non-hydrogen) atoms. The summed E-state index contributed by atoms with van der Waals surface area (Å²) in [6.07, 6.45) is 8.93. The van der Waals surface area contributed by atoms with Crippen LogP contribution in [0.15, 0.2) is 0 Å². The van der Waals surface area contributed by atoms with E-state index in [0.717, 1.165) is 25.7 Å². The molecule has 0 bridgehead atoms. The number of aliphatic hydroxyl groups excluding tert-OH is 1. The fourth-order valence-corrected chi connectivity index (χ4v) is 3.34. The van der Waals surface area contributed by atoms with Crippen molar-refractivity contribution in [3.05, 3.63) is 0 Å². The number of hydrogen-bond acceptors (Lipinski definition) is 3. The third kappa shape index (κ3) is 4.18. The maximum absolute atomic E-state index is 12.0. The highest BCUT2D eigenvalue weighted by Gasteiger charge is 2.34. The molecule has 3 N–H and O–H groups in total. The van der Waals surface area contributed by atoms with Gasteiger partial charge in [0.2, 0.25) is 5.91 Å². The van der Waals surface area contributed by atoms with Gasteiger partial charge < -0.3 is 15.7 Å². The molecule has 0 heterocycles. The van der Waals surface area contributed by atoms with Crippen LogP contribution >= 0.6 is 0 Å². The molecule has 0 aliphatic heterocycles. The Labute approximate surface area is 116 Å². The van der Waals surface area contributed by atoms with E-state index in [2.05, 4.69) is 17.6 Å². The highest BCUT2D eigenvalue weighted by molar-refractivity contribution is 5.79. The molecule has 2 rings (SSSR count). The number of nitrogens with one attached hydrogen (secondary N) is 2. The second-order valence-corrected chi connectivity index (χ2v) is 6.53. The minimum absolute atomic E-state index is 0.0375. The maximum Gasteiger partial charge on any atom is 0.234 e. The minimum atomic E-state index is -0.360. The van der Waals surface area contributed by atoms with Crippen LogP contribution in [0.2, 0.25) is 0 Å². The third-order valence-corrected chi connectivity index (χ3v) is 4.85. The molecule has 0 atom stereocenters. The van der Waals surface area contributed by atoms with E-state index < -0.39 is 0 Å². The summed E-state index contributed by atoms with van der Waals surface area (Å²) in [7, 11) is 0. The van der Waals surface area contributed by atoms with Crippen LogP contribution in [0.5, 0.6) is 0 Å². The lowest BCUT2D eigenvalue weighted by Crippen LogP contribution is -2.55. The van der Waals surface area contributed by atoms with Crippen LogP contribution in [0.25, 0.3) is 0 Å². The van der Waals surface area contributed by atoms with E-state index in [0.29, 0.717) is 18.5 Å². The fourth-order valence-electron chi connectivity index (χ4n) is 3.34. The van der Waals surface area contributed by atoms with Gasteiger partial charge in [-0.15, -0.1) is 0 Å². The average molecular weight is 268 g/mol. The van der Waals surface area contributed by atoms with Crippen molar-refractivity contribution in [1.82, 2.24) is 10.6 Å². The highest BCUT2D eigenvalue weighted by Crippen LogP contribution is 2.31. The summed E-state index contributed by atoms with van der Waals surface area (Å²) in [5.41, 5.74) is -0.360. The van der Waals surface area contributed by atoms with Gasteiger partial charge in [-0.1, -0.05) is 19.8 Å². The van der Waals surface area contributed by atoms with Gasteiger partial charge in [0, 0.05) is 6.04 Å². The van der Waals surface area contributed by atoms with Gasteiger partial charge in [-0.05, 0) is 44.4 Å². The van der Waals surface area contributed by atoms with Crippen LogP contribution in [-0.2, 0) is 4.79 Å². The van der Waals surface area contributed by atoms with Gasteiger partial charge in [-0.3, -0.25) is 4.79 Å². The van der Waals surface area contributed by atoms with E-state index in [4.69, 9.17) is 0 Å². The smallest absolute Gasteiger partial charge is 0.234 e. The maximum atomic E-state index is 12.0. The zero-order chi connectivity index (χ0) is 13.7. The predicted molar refractivity (Wildman–Crippen MR) is 75.9 cm³/mol. The predicted octanol–water partition coefficient (Wildman–Crippen LogP) is 1.58. The summed E-state index contributed by atoms with van der Waals surface area (Å²) in [5.74, 6) is 0.753. The number of rotatable bonds is 5. The molecular formula is C15H28N2O2. The second-order valence-electron chi connectivity index (χ2n) is 6.53. The lowest BCUT2D eigenvalue weighted by atomic mass is 9.77. The van der Waals surface area contributed by atoms with Crippen molar-refractivity contribution in [3.63, 3.8) is 0 Å². The molecule has 0 spiro atoms. The highest BCUT2D eigenvalue weighted by atomic mass is 16.3. The van der Waals surface area contributed by atoms with Crippen molar-refractivity contribution < 1.29 is 9.90 Å². The lowest BCUT2D eigenvalue weighted by Gasteiger charge is -2.38. The molecule has 0 saturated heterocycles. The molecule has 0 unspecified atom stereocenters. The minimum Gasteiger partial charge on any atom is -0.394 e. The summed E-state index contributed by atoms with van der Waals surface area (Å²) >= 11 is 0. The Morgan fingerprint density at radius 2 is 1.84 bits per heavy atom. The molecule has 2 aliphatic rings. The largest absolute Gasteiger partial charge is 0.394 e. The first kappa shape index (κ1) is 14.8. The van der Waals surface area contributed by atoms with E-state index in [1.807, 2.05) is 0 Å². The zero-order valence-electron chi connectivity index (χ0n) is 12.1. The number of amides is 1. The number of aliphatic hydroxyl groups is 1. The molecule has 2 aliphatic carbocycles. The van der Waals surface area contributed by atoms with E-state index in [1.165, 1.54) is 25.7 Å². The van der Waals surface area contributed by atoms with Gasteiger partial charge in [0.1, 0.15) is 0 Å². The Balaban J connectivity index is 1.75. The van der Waals surface area contributed by atoms with Crippen LogP contribution < -0.4 is 10.6 Å². The fraction of sp³-hybridized carbons (Fsp3) is 0.933. The molecule has 0 aromatic rings. The van der Waals surface area contributed by atoms with Crippen molar-refractivity contribution in [1.29, 1.82) is 0 Å². The molecule has 4 nitrogen and oxygen atoms in total. The van der Waals surface area contributed by atoms with Gasteiger partial charge in [-0.2, -0.15) is 0 Å². The van der Waals surface area contributed by atoms with Crippen LogP contribution in [0.3, 0.4) is 0 Å². The summed E-state index contributed by atoms with van der Waals surface area (Å²) < 4.78 is 0. The normalized spacial score (nSPS) is 32.4. The molecule has 0 aromatic heterocycles. The molecule has 2 fully saturated rings. The van der Waals surface area contributed by atoms with Gasteiger partial charge in [0.15, 0.2) is 0 Å². The van der Waals surface area contributed by atoms with E-state index >= 15 is 0 Å². The van der Waals surface area contributed by atoms with Crippen LogP contribution in [0.1, 0.15) is 58.3 Å². The van der Waals surface area contributed by atoms with Crippen LogP contribution in [0.4, 0.5) is 0 Å². The number of carbonyl (C=O) groups is 1. The third-order valence-electron chi connectivity index (χ3n) is 4.85. The molecular weight excluding hydrogens is 240 g/mol. The SMILES string of the molecule is CC1CCC(CO)(NC(=O)CNC2CCCC2)CC1. The Kier molecular flexibility index (Phi) is 5.22. The Morgan fingerprint density at radius 1 is 1.21 bits per heavy atom. The lowest BCUT2D eigenvalue weighted by molar-refractivity contribution is -0.123. The summed E-state index contributed by atoms with van der Waals surface area (Å²) in [6.45, 7) is 2.70. The van der Waals surface area contributed by atoms with E-state index in [9.17, 15) is 9.90 Å². The monoisotopic (exact) mass is 268 g/mol. The second kappa shape index (κ2) is 6.71.